The first kappa shape index (κ1) is 17.8. The Balaban J connectivity index is 1.47. The van der Waals surface area contributed by atoms with Crippen LogP contribution in [0.2, 0.25) is 0 Å². The molecule has 1 saturated heterocycles. The number of aryl methyl sites for hydroxylation is 1. The highest BCUT2D eigenvalue weighted by atomic mass is 32.1. The fourth-order valence-corrected chi connectivity index (χ4v) is 3.89. The van der Waals surface area contributed by atoms with Crippen molar-refractivity contribution in [3.63, 3.8) is 0 Å². The third-order valence-corrected chi connectivity index (χ3v) is 5.36. The Hall–Kier alpha value is -2.02. The first-order valence-electron chi connectivity index (χ1n) is 9.05. The summed E-state index contributed by atoms with van der Waals surface area (Å²) >= 11 is 1.83. The molecule has 0 unspecified atom stereocenters. The molecule has 0 radical (unpaired) electrons. The highest BCUT2D eigenvalue weighted by Gasteiger charge is 2.20. The standard InChI is InChI=1S/C18H28N6S/c1-3-19-18(20-9-6-15-13-21-23(2)14-15)22-16-7-10-24(11-8-16)17-5-4-12-25-17/h4-5,12-14,16H,3,6-11H2,1-2H3,(H2,19,20,22). The van der Waals surface area contributed by atoms with Gasteiger partial charge in [-0.2, -0.15) is 5.10 Å². The molecule has 136 valence electrons. The number of hydrogen-bond donors (Lipinski definition) is 2. The average Bonchev–Trinajstić information content (AvgIpc) is 3.28. The van der Waals surface area contributed by atoms with Gasteiger partial charge in [-0.1, -0.05) is 0 Å². The van der Waals surface area contributed by atoms with Gasteiger partial charge < -0.3 is 15.5 Å². The summed E-state index contributed by atoms with van der Waals surface area (Å²) in [5.74, 6) is 0.931. The molecule has 25 heavy (non-hydrogen) atoms. The summed E-state index contributed by atoms with van der Waals surface area (Å²) in [6.07, 6.45) is 7.17. The lowest BCUT2D eigenvalue weighted by molar-refractivity contribution is 0.463. The van der Waals surface area contributed by atoms with Crippen LogP contribution in [0.4, 0.5) is 5.00 Å². The number of thiophene rings is 1. The zero-order valence-electron chi connectivity index (χ0n) is 15.1. The number of aliphatic imine (C=N–C) groups is 1. The molecule has 3 heterocycles. The second kappa shape index (κ2) is 8.89. The highest BCUT2D eigenvalue weighted by Crippen LogP contribution is 2.24. The maximum atomic E-state index is 4.73. The summed E-state index contributed by atoms with van der Waals surface area (Å²) in [5.41, 5.74) is 1.23. The molecule has 7 heteroatoms. The van der Waals surface area contributed by atoms with Crippen LogP contribution in [0.1, 0.15) is 25.3 Å². The van der Waals surface area contributed by atoms with Crippen molar-refractivity contribution < 1.29 is 0 Å². The molecular formula is C18H28N6S. The predicted octanol–water partition coefficient (Wildman–Crippen LogP) is 2.25. The van der Waals surface area contributed by atoms with Gasteiger partial charge in [0.25, 0.3) is 0 Å². The van der Waals surface area contributed by atoms with Crippen molar-refractivity contribution >= 4 is 22.3 Å². The van der Waals surface area contributed by atoms with Gasteiger partial charge in [0.05, 0.1) is 11.2 Å². The zero-order chi connectivity index (χ0) is 17.5. The molecule has 2 aromatic heterocycles. The average molecular weight is 361 g/mol. The van der Waals surface area contributed by atoms with E-state index in [0.717, 1.165) is 51.4 Å². The van der Waals surface area contributed by atoms with Gasteiger partial charge in [0.1, 0.15) is 0 Å². The van der Waals surface area contributed by atoms with Crippen molar-refractivity contribution in [3.05, 3.63) is 35.5 Å². The molecule has 1 aliphatic rings. The number of piperidine rings is 1. The molecule has 0 bridgehead atoms. The van der Waals surface area contributed by atoms with E-state index in [1.54, 1.807) is 0 Å². The van der Waals surface area contributed by atoms with E-state index in [9.17, 15) is 0 Å². The number of hydrogen-bond acceptors (Lipinski definition) is 4. The lowest BCUT2D eigenvalue weighted by Gasteiger charge is -2.33. The molecule has 0 spiro atoms. The molecule has 6 nitrogen and oxygen atoms in total. The molecule has 0 atom stereocenters. The van der Waals surface area contributed by atoms with Crippen molar-refractivity contribution in [3.8, 4) is 0 Å². The molecule has 2 aromatic rings. The van der Waals surface area contributed by atoms with Gasteiger partial charge in [-0.3, -0.25) is 9.67 Å². The van der Waals surface area contributed by atoms with Gasteiger partial charge in [0.15, 0.2) is 5.96 Å². The lowest BCUT2D eigenvalue weighted by Crippen LogP contribution is -2.48. The lowest BCUT2D eigenvalue weighted by atomic mass is 10.1. The van der Waals surface area contributed by atoms with E-state index in [2.05, 4.69) is 51.3 Å². The number of aromatic nitrogens is 2. The molecule has 1 aliphatic heterocycles. The van der Waals surface area contributed by atoms with Gasteiger partial charge in [-0.05, 0) is 49.3 Å². The molecular weight excluding hydrogens is 332 g/mol. The number of nitrogens with zero attached hydrogens (tertiary/aromatic N) is 4. The Kier molecular flexibility index (Phi) is 6.33. The molecule has 2 N–H and O–H groups in total. The summed E-state index contributed by atoms with van der Waals surface area (Å²) in [5, 5.41) is 14.7. The van der Waals surface area contributed by atoms with E-state index in [1.165, 1.54) is 10.6 Å². The monoisotopic (exact) mass is 360 g/mol. The number of rotatable bonds is 6. The number of anilines is 1. The normalized spacial score (nSPS) is 16.2. The van der Waals surface area contributed by atoms with Crippen LogP contribution >= 0.6 is 11.3 Å². The molecule has 0 aromatic carbocycles. The van der Waals surface area contributed by atoms with Gasteiger partial charge in [-0.15, -0.1) is 11.3 Å². The van der Waals surface area contributed by atoms with Crippen molar-refractivity contribution in [1.29, 1.82) is 0 Å². The third-order valence-electron chi connectivity index (χ3n) is 4.43. The van der Waals surface area contributed by atoms with E-state index in [0.29, 0.717) is 6.04 Å². The largest absolute Gasteiger partial charge is 0.363 e. The SMILES string of the molecule is CCNC(=NCCc1cnn(C)c1)NC1CCN(c2cccs2)CC1. The smallest absolute Gasteiger partial charge is 0.191 e. The molecule has 0 amide bonds. The van der Waals surface area contributed by atoms with Gasteiger partial charge in [0, 0.05) is 45.5 Å². The van der Waals surface area contributed by atoms with Crippen LogP contribution in [0.5, 0.6) is 0 Å². The fourth-order valence-electron chi connectivity index (χ4n) is 3.11. The second-order valence-electron chi connectivity index (χ2n) is 6.39. The Morgan fingerprint density at radius 1 is 1.40 bits per heavy atom. The zero-order valence-corrected chi connectivity index (χ0v) is 15.9. The third kappa shape index (κ3) is 5.22. The Morgan fingerprint density at radius 3 is 2.88 bits per heavy atom. The first-order chi connectivity index (χ1) is 12.2. The number of guanidine groups is 1. The minimum Gasteiger partial charge on any atom is -0.363 e. The first-order valence-corrected chi connectivity index (χ1v) is 9.93. The van der Waals surface area contributed by atoms with Crippen molar-refractivity contribution in [2.24, 2.45) is 12.0 Å². The fraction of sp³-hybridized carbons (Fsp3) is 0.556. The van der Waals surface area contributed by atoms with Crippen LogP contribution in [-0.4, -0.2) is 48.0 Å². The Bertz CT molecular complexity index is 655. The second-order valence-corrected chi connectivity index (χ2v) is 7.32. The van der Waals surface area contributed by atoms with Gasteiger partial charge >= 0.3 is 0 Å². The van der Waals surface area contributed by atoms with E-state index < -0.39 is 0 Å². The quantitative estimate of drug-likeness (QED) is 0.613. The van der Waals surface area contributed by atoms with Crippen LogP contribution in [0.15, 0.2) is 34.9 Å². The van der Waals surface area contributed by atoms with Crippen molar-refractivity contribution in [1.82, 2.24) is 20.4 Å². The van der Waals surface area contributed by atoms with E-state index in [1.807, 2.05) is 29.3 Å². The van der Waals surface area contributed by atoms with Crippen LogP contribution in [0.25, 0.3) is 0 Å². The summed E-state index contributed by atoms with van der Waals surface area (Å²) in [7, 11) is 1.95. The Labute approximate surface area is 153 Å². The summed E-state index contributed by atoms with van der Waals surface area (Å²) in [6.45, 7) is 5.97. The van der Waals surface area contributed by atoms with Crippen LogP contribution < -0.4 is 15.5 Å². The van der Waals surface area contributed by atoms with Crippen molar-refractivity contribution in [2.75, 3.05) is 31.1 Å². The van der Waals surface area contributed by atoms with E-state index in [4.69, 9.17) is 4.99 Å². The van der Waals surface area contributed by atoms with Crippen LogP contribution in [0.3, 0.4) is 0 Å². The molecule has 0 saturated carbocycles. The van der Waals surface area contributed by atoms with Crippen molar-refractivity contribution in [2.45, 2.75) is 32.2 Å². The minimum atomic E-state index is 0.493. The van der Waals surface area contributed by atoms with Crippen LogP contribution in [-0.2, 0) is 13.5 Å². The number of nitrogens with one attached hydrogen (secondary N) is 2. The van der Waals surface area contributed by atoms with Crippen LogP contribution in [0, 0.1) is 0 Å². The highest BCUT2D eigenvalue weighted by molar-refractivity contribution is 7.14. The van der Waals surface area contributed by atoms with Gasteiger partial charge in [0.2, 0.25) is 0 Å². The van der Waals surface area contributed by atoms with E-state index >= 15 is 0 Å². The Morgan fingerprint density at radius 2 is 2.24 bits per heavy atom. The minimum absolute atomic E-state index is 0.493. The predicted molar refractivity (Wildman–Crippen MR) is 106 cm³/mol. The van der Waals surface area contributed by atoms with Gasteiger partial charge in [-0.25, -0.2) is 0 Å². The summed E-state index contributed by atoms with van der Waals surface area (Å²) < 4.78 is 1.84. The molecule has 3 rings (SSSR count). The topological polar surface area (TPSA) is 57.5 Å². The molecule has 0 aliphatic carbocycles. The molecule has 1 fully saturated rings. The maximum Gasteiger partial charge on any atom is 0.191 e. The summed E-state index contributed by atoms with van der Waals surface area (Å²) in [6, 6.07) is 4.83. The van der Waals surface area contributed by atoms with E-state index in [-0.39, 0.29) is 0 Å². The maximum absolute atomic E-state index is 4.73. The summed E-state index contributed by atoms with van der Waals surface area (Å²) in [4.78, 5) is 7.21.